The lowest BCUT2D eigenvalue weighted by Crippen LogP contribution is -2.25. The zero-order chi connectivity index (χ0) is 16.4. The number of rotatable bonds is 7. The maximum absolute atomic E-state index is 5.66. The van der Waals surface area contributed by atoms with Gasteiger partial charge < -0.3 is 14.2 Å². The van der Waals surface area contributed by atoms with Crippen LogP contribution in [-0.2, 0) is 13.1 Å². The average Bonchev–Trinajstić information content (AvgIpc) is 3.33. The summed E-state index contributed by atoms with van der Waals surface area (Å²) in [7, 11) is 0. The largest absolute Gasteiger partial charge is 0.494 e. The van der Waals surface area contributed by atoms with Gasteiger partial charge in [0.15, 0.2) is 11.5 Å². The number of hydrogen-bond donors (Lipinski definition) is 0. The second-order valence-corrected chi connectivity index (χ2v) is 6.36. The molecule has 0 aromatic heterocycles. The summed E-state index contributed by atoms with van der Waals surface area (Å²) in [5.41, 5.74) is 2.53. The van der Waals surface area contributed by atoms with E-state index in [1.54, 1.807) is 0 Å². The van der Waals surface area contributed by atoms with Crippen molar-refractivity contribution < 1.29 is 14.2 Å². The molecule has 0 unspecified atom stereocenters. The van der Waals surface area contributed by atoms with Crippen molar-refractivity contribution in [2.45, 2.75) is 38.9 Å². The van der Waals surface area contributed by atoms with E-state index in [4.69, 9.17) is 14.2 Å². The molecule has 126 valence electrons. The van der Waals surface area contributed by atoms with E-state index in [9.17, 15) is 0 Å². The van der Waals surface area contributed by atoms with Crippen LogP contribution in [0, 0.1) is 0 Å². The highest BCUT2D eigenvalue weighted by atomic mass is 16.7. The van der Waals surface area contributed by atoms with Crippen molar-refractivity contribution in [1.29, 1.82) is 0 Å². The van der Waals surface area contributed by atoms with Crippen LogP contribution in [0.3, 0.4) is 0 Å². The van der Waals surface area contributed by atoms with E-state index in [2.05, 4.69) is 35.2 Å². The van der Waals surface area contributed by atoms with E-state index >= 15 is 0 Å². The molecule has 1 fully saturated rings. The number of para-hydroxylation sites is 1. The van der Waals surface area contributed by atoms with Crippen molar-refractivity contribution in [3.05, 3.63) is 53.6 Å². The van der Waals surface area contributed by atoms with Gasteiger partial charge in [-0.1, -0.05) is 24.3 Å². The molecule has 0 N–H and O–H groups in total. The average molecular weight is 325 g/mol. The van der Waals surface area contributed by atoms with Gasteiger partial charge in [-0.25, -0.2) is 0 Å². The Morgan fingerprint density at radius 3 is 2.62 bits per heavy atom. The third-order valence-electron chi connectivity index (χ3n) is 4.53. The summed E-state index contributed by atoms with van der Waals surface area (Å²) in [6.07, 6.45) is 2.56. The second kappa shape index (κ2) is 6.73. The maximum atomic E-state index is 5.66. The van der Waals surface area contributed by atoms with Crippen molar-refractivity contribution in [3.8, 4) is 17.2 Å². The molecule has 0 radical (unpaired) electrons. The predicted octanol–water partition coefficient (Wildman–Crippen LogP) is 3.98. The SMILES string of the molecule is CCOc1ccc(CN(Cc2cccc3c2OCO3)C2CC2)cc1. The van der Waals surface area contributed by atoms with E-state index in [-0.39, 0.29) is 0 Å². The van der Waals surface area contributed by atoms with Gasteiger partial charge in [-0.05, 0) is 43.5 Å². The smallest absolute Gasteiger partial charge is 0.231 e. The molecule has 4 nitrogen and oxygen atoms in total. The predicted molar refractivity (Wildman–Crippen MR) is 92.4 cm³/mol. The van der Waals surface area contributed by atoms with Crippen molar-refractivity contribution in [2.24, 2.45) is 0 Å². The minimum absolute atomic E-state index is 0.328. The highest BCUT2D eigenvalue weighted by Crippen LogP contribution is 2.38. The van der Waals surface area contributed by atoms with Crippen LogP contribution in [0.25, 0.3) is 0 Å². The zero-order valence-electron chi connectivity index (χ0n) is 14.0. The van der Waals surface area contributed by atoms with Gasteiger partial charge >= 0.3 is 0 Å². The summed E-state index contributed by atoms with van der Waals surface area (Å²) >= 11 is 0. The lowest BCUT2D eigenvalue weighted by atomic mass is 10.1. The summed E-state index contributed by atoms with van der Waals surface area (Å²) in [4.78, 5) is 2.53. The Hall–Kier alpha value is -2.20. The van der Waals surface area contributed by atoms with E-state index in [1.807, 2.05) is 19.1 Å². The first kappa shape index (κ1) is 15.3. The molecule has 4 heteroatoms. The normalized spacial score (nSPS) is 15.8. The summed E-state index contributed by atoms with van der Waals surface area (Å²) in [5, 5.41) is 0. The minimum atomic E-state index is 0.328. The van der Waals surface area contributed by atoms with Crippen LogP contribution < -0.4 is 14.2 Å². The molecule has 4 rings (SSSR count). The van der Waals surface area contributed by atoms with Gasteiger partial charge in [-0.15, -0.1) is 0 Å². The number of ether oxygens (including phenoxy) is 3. The molecule has 24 heavy (non-hydrogen) atoms. The van der Waals surface area contributed by atoms with Gasteiger partial charge in [0.2, 0.25) is 6.79 Å². The van der Waals surface area contributed by atoms with Crippen molar-refractivity contribution in [3.63, 3.8) is 0 Å². The van der Waals surface area contributed by atoms with Crippen LogP contribution in [0.15, 0.2) is 42.5 Å². The third-order valence-corrected chi connectivity index (χ3v) is 4.53. The van der Waals surface area contributed by atoms with E-state index in [0.29, 0.717) is 19.4 Å². The Morgan fingerprint density at radius 2 is 1.88 bits per heavy atom. The Labute approximate surface area is 142 Å². The molecule has 1 aliphatic carbocycles. The van der Waals surface area contributed by atoms with Crippen molar-refractivity contribution in [1.82, 2.24) is 4.90 Å². The van der Waals surface area contributed by atoms with Crippen molar-refractivity contribution in [2.75, 3.05) is 13.4 Å². The van der Waals surface area contributed by atoms with Crippen LogP contribution in [0.5, 0.6) is 17.2 Å². The number of hydrogen-bond acceptors (Lipinski definition) is 4. The second-order valence-electron chi connectivity index (χ2n) is 6.36. The molecule has 2 aliphatic rings. The third kappa shape index (κ3) is 3.34. The van der Waals surface area contributed by atoms with Crippen molar-refractivity contribution >= 4 is 0 Å². The molecule has 1 aliphatic heterocycles. The zero-order valence-corrected chi connectivity index (χ0v) is 14.0. The van der Waals surface area contributed by atoms with Gasteiger partial charge in [0.05, 0.1) is 6.61 Å². The van der Waals surface area contributed by atoms with Crippen LogP contribution in [0.1, 0.15) is 30.9 Å². The quantitative estimate of drug-likeness (QED) is 0.770. The highest BCUT2D eigenvalue weighted by Gasteiger charge is 2.30. The monoisotopic (exact) mass is 325 g/mol. The first-order valence-electron chi connectivity index (χ1n) is 8.67. The van der Waals surface area contributed by atoms with Gasteiger partial charge in [0, 0.05) is 24.7 Å². The minimum Gasteiger partial charge on any atom is -0.494 e. The highest BCUT2D eigenvalue weighted by molar-refractivity contribution is 5.48. The lowest BCUT2D eigenvalue weighted by molar-refractivity contribution is 0.171. The van der Waals surface area contributed by atoms with E-state index < -0.39 is 0 Å². The maximum Gasteiger partial charge on any atom is 0.231 e. The lowest BCUT2D eigenvalue weighted by Gasteiger charge is -2.23. The fourth-order valence-corrected chi connectivity index (χ4v) is 3.18. The molecule has 0 bridgehead atoms. The fourth-order valence-electron chi connectivity index (χ4n) is 3.18. The molecule has 0 amide bonds. The topological polar surface area (TPSA) is 30.9 Å². The molecule has 0 saturated heterocycles. The number of fused-ring (bicyclic) bond motifs is 1. The van der Waals surface area contributed by atoms with Crippen LogP contribution in [0.4, 0.5) is 0 Å². The first-order valence-corrected chi connectivity index (χ1v) is 8.67. The molecule has 0 spiro atoms. The van der Waals surface area contributed by atoms with Gasteiger partial charge in [-0.2, -0.15) is 0 Å². The summed E-state index contributed by atoms with van der Waals surface area (Å²) in [6, 6.07) is 15.3. The van der Waals surface area contributed by atoms with Crippen LogP contribution in [0.2, 0.25) is 0 Å². The fraction of sp³-hybridized carbons (Fsp3) is 0.400. The summed E-state index contributed by atoms with van der Waals surface area (Å²) < 4.78 is 16.7. The Bertz CT molecular complexity index is 695. The Kier molecular flexibility index (Phi) is 4.30. The molecular formula is C20H23NO3. The molecular weight excluding hydrogens is 302 g/mol. The Morgan fingerprint density at radius 1 is 1.04 bits per heavy atom. The number of benzene rings is 2. The molecule has 1 heterocycles. The van der Waals surface area contributed by atoms with Gasteiger partial charge in [0.1, 0.15) is 5.75 Å². The molecule has 2 aromatic rings. The Balaban J connectivity index is 1.48. The standard InChI is InChI=1S/C20H23NO3/c1-2-22-18-10-6-15(7-11-18)12-21(17-8-9-17)13-16-4-3-5-19-20(16)24-14-23-19/h3-7,10-11,17H,2,8-9,12-14H2,1H3. The first-order chi connectivity index (χ1) is 11.8. The molecule has 2 aromatic carbocycles. The van der Waals surface area contributed by atoms with Gasteiger partial charge in [-0.3, -0.25) is 4.90 Å². The summed E-state index contributed by atoms with van der Waals surface area (Å²) in [6.45, 7) is 4.88. The van der Waals surface area contributed by atoms with Crippen LogP contribution >= 0.6 is 0 Å². The summed E-state index contributed by atoms with van der Waals surface area (Å²) in [5.74, 6) is 2.71. The molecule has 1 saturated carbocycles. The van der Waals surface area contributed by atoms with E-state index in [1.165, 1.54) is 24.0 Å². The van der Waals surface area contributed by atoms with Crippen LogP contribution in [-0.4, -0.2) is 24.3 Å². The molecule has 0 atom stereocenters. The number of nitrogens with zero attached hydrogens (tertiary/aromatic N) is 1. The van der Waals surface area contributed by atoms with Gasteiger partial charge in [0.25, 0.3) is 0 Å². The van der Waals surface area contributed by atoms with E-state index in [0.717, 1.165) is 30.3 Å².